The van der Waals surface area contributed by atoms with Crippen LogP contribution in [0.15, 0.2) is 30.3 Å². The SMILES string of the molecule is OC[C@@H]1[C@@H](O)[C@H](O)[C@@H](O)[C@@H](O)[C@@H]1NCCc1ccccc1. The van der Waals surface area contributed by atoms with Crippen LogP contribution in [0, 0.1) is 5.92 Å². The Hall–Kier alpha value is -1.02. The summed E-state index contributed by atoms with van der Waals surface area (Å²) in [6, 6.07) is 9.09. The first-order valence-corrected chi connectivity index (χ1v) is 7.16. The molecule has 1 saturated carbocycles. The van der Waals surface area contributed by atoms with Gasteiger partial charge in [-0.3, -0.25) is 0 Å². The first-order chi connectivity index (χ1) is 10.1. The van der Waals surface area contributed by atoms with Crippen molar-refractivity contribution in [1.82, 2.24) is 5.32 Å². The van der Waals surface area contributed by atoms with Gasteiger partial charge < -0.3 is 30.8 Å². The van der Waals surface area contributed by atoms with Crippen molar-refractivity contribution in [3.63, 3.8) is 0 Å². The topological polar surface area (TPSA) is 113 Å². The lowest BCUT2D eigenvalue weighted by molar-refractivity contribution is -0.176. The zero-order valence-corrected chi connectivity index (χ0v) is 11.7. The predicted molar refractivity (Wildman–Crippen MR) is 76.5 cm³/mol. The van der Waals surface area contributed by atoms with Crippen molar-refractivity contribution in [3.05, 3.63) is 35.9 Å². The molecule has 6 N–H and O–H groups in total. The molecule has 6 heteroatoms. The number of aliphatic hydroxyl groups is 5. The van der Waals surface area contributed by atoms with E-state index < -0.39 is 36.4 Å². The van der Waals surface area contributed by atoms with E-state index in [2.05, 4.69) is 5.32 Å². The maximum absolute atomic E-state index is 10.0. The van der Waals surface area contributed by atoms with Crippen molar-refractivity contribution in [2.24, 2.45) is 5.92 Å². The molecule has 0 aromatic heterocycles. The second-order valence-electron chi connectivity index (χ2n) is 5.52. The molecule has 0 amide bonds. The summed E-state index contributed by atoms with van der Waals surface area (Å²) in [5.74, 6) is -0.728. The van der Waals surface area contributed by atoms with Gasteiger partial charge in [0.2, 0.25) is 0 Å². The Morgan fingerprint density at radius 2 is 1.48 bits per heavy atom. The standard InChI is InChI=1S/C15H23NO5/c17-8-10-11(13(19)15(21)14(20)12(10)18)16-7-6-9-4-2-1-3-5-9/h1-5,10-21H,6-8H2/t10-,11+,12+,13-,14-,15-/m0/s1. The van der Waals surface area contributed by atoms with E-state index in [0.717, 1.165) is 12.0 Å². The van der Waals surface area contributed by atoms with Gasteiger partial charge in [-0.15, -0.1) is 0 Å². The number of hydrogen-bond donors (Lipinski definition) is 6. The van der Waals surface area contributed by atoms with Crippen LogP contribution in [0.2, 0.25) is 0 Å². The van der Waals surface area contributed by atoms with Gasteiger partial charge in [0, 0.05) is 12.0 Å². The molecular weight excluding hydrogens is 274 g/mol. The summed E-state index contributed by atoms with van der Waals surface area (Å²) >= 11 is 0. The molecule has 21 heavy (non-hydrogen) atoms. The summed E-state index contributed by atoms with van der Waals surface area (Å²) in [4.78, 5) is 0. The molecule has 6 atom stereocenters. The van der Waals surface area contributed by atoms with Crippen LogP contribution >= 0.6 is 0 Å². The highest BCUT2D eigenvalue weighted by atomic mass is 16.4. The number of rotatable bonds is 5. The molecule has 1 aromatic rings. The van der Waals surface area contributed by atoms with Crippen molar-refractivity contribution < 1.29 is 25.5 Å². The second kappa shape index (κ2) is 7.31. The van der Waals surface area contributed by atoms with Crippen molar-refractivity contribution in [2.75, 3.05) is 13.2 Å². The van der Waals surface area contributed by atoms with Crippen LogP contribution in [0.1, 0.15) is 5.56 Å². The minimum Gasteiger partial charge on any atom is -0.396 e. The number of hydrogen-bond acceptors (Lipinski definition) is 6. The van der Waals surface area contributed by atoms with E-state index in [1.54, 1.807) is 0 Å². The smallest absolute Gasteiger partial charge is 0.110 e. The fraction of sp³-hybridized carbons (Fsp3) is 0.600. The third-order valence-corrected chi connectivity index (χ3v) is 4.16. The van der Waals surface area contributed by atoms with Gasteiger partial charge in [-0.05, 0) is 18.5 Å². The molecule has 1 aliphatic carbocycles. The lowest BCUT2D eigenvalue weighted by Crippen LogP contribution is -2.66. The van der Waals surface area contributed by atoms with Crippen LogP contribution in [0.4, 0.5) is 0 Å². The number of aliphatic hydroxyl groups excluding tert-OH is 5. The Morgan fingerprint density at radius 1 is 0.857 bits per heavy atom. The quantitative estimate of drug-likeness (QED) is 0.384. The normalized spacial score (nSPS) is 36.6. The summed E-state index contributed by atoms with van der Waals surface area (Å²) in [5.41, 5.74) is 1.12. The van der Waals surface area contributed by atoms with Gasteiger partial charge in [-0.1, -0.05) is 30.3 Å². The molecule has 118 valence electrons. The summed E-state index contributed by atoms with van der Waals surface area (Å²) < 4.78 is 0. The van der Waals surface area contributed by atoms with Crippen molar-refractivity contribution >= 4 is 0 Å². The molecule has 1 fully saturated rings. The maximum Gasteiger partial charge on any atom is 0.110 e. The van der Waals surface area contributed by atoms with Crippen molar-refractivity contribution in [3.8, 4) is 0 Å². The highest BCUT2D eigenvalue weighted by Crippen LogP contribution is 2.26. The summed E-state index contributed by atoms with van der Waals surface area (Å²) in [5, 5.41) is 51.7. The van der Waals surface area contributed by atoms with Gasteiger partial charge in [0.25, 0.3) is 0 Å². The fourth-order valence-corrected chi connectivity index (χ4v) is 2.86. The third kappa shape index (κ3) is 3.60. The van der Waals surface area contributed by atoms with Crippen LogP contribution in [-0.2, 0) is 6.42 Å². The Kier molecular flexibility index (Phi) is 5.69. The Morgan fingerprint density at radius 3 is 2.10 bits per heavy atom. The van der Waals surface area contributed by atoms with Gasteiger partial charge in [0.1, 0.15) is 12.2 Å². The zero-order valence-electron chi connectivity index (χ0n) is 11.7. The van der Waals surface area contributed by atoms with Gasteiger partial charge in [-0.25, -0.2) is 0 Å². The van der Waals surface area contributed by atoms with Crippen LogP contribution in [0.3, 0.4) is 0 Å². The Balaban J connectivity index is 1.96. The molecule has 2 rings (SSSR count). The van der Waals surface area contributed by atoms with E-state index in [9.17, 15) is 25.5 Å². The minimum atomic E-state index is -1.45. The molecule has 0 saturated heterocycles. The highest BCUT2D eigenvalue weighted by molar-refractivity contribution is 5.15. The van der Waals surface area contributed by atoms with Gasteiger partial charge in [-0.2, -0.15) is 0 Å². The minimum absolute atomic E-state index is 0.384. The second-order valence-corrected chi connectivity index (χ2v) is 5.52. The molecule has 6 nitrogen and oxygen atoms in total. The van der Waals surface area contributed by atoms with Gasteiger partial charge in [0.15, 0.2) is 0 Å². The molecule has 1 aromatic carbocycles. The number of benzene rings is 1. The average Bonchev–Trinajstić information content (AvgIpc) is 2.51. The summed E-state index contributed by atoms with van der Waals surface area (Å²) in [7, 11) is 0. The third-order valence-electron chi connectivity index (χ3n) is 4.16. The van der Waals surface area contributed by atoms with E-state index in [4.69, 9.17) is 0 Å². The van der Waals surface area contributed by atoms with E-state index in [1.165, 1.54) is 0 Å². The van der Waals surface area contributed by atoms with Crippen molar-refractivity contribution in [1.29, 1.82) is 0 Å². The van der Waals surface area contributed by atoms with Crippen LogP contribution in [0.25, 0.3) is 0 Å². The predicted octanol–water partition coefficient (Wildman–Crippen LogP) is -1.75. The lowest BCUT2D eigenvalue weighted by atomic mass is 9.77. The van der Waals surface area contributed by atoms with E-state index in [-0.39, 0.29) is 6.61 Å². The Labute approximate surface area is 123 Å². The molecule has 0 spiro atoms. The van der Waals surface area contributed by atoms with E-state index >= 15 is 0 Å². The molecule has 0 unspecified atom stereocenters. The maximum atomic E-state index is 10.0. The first-order valence-electron chi connectivity index (χ1n) is 7.16. The van der Waals surface area contributed by atoms with Gasteiger partial charge >= 0.3 is 0 Å². The van der Waals surface area contributed by atoms with E-state index in [0.29, 0.717) is 6.54 Å². The molecular formula is C15H23NO5. The van der Waals surface area contributed by atoms with E-state index in [1.807, 2.05) is 30.3 Å². The Bertz CT molecular complexity index is 429. The van der Waals surface area contributed by atoms with Crippen LogP contribution in [-0.4, -0.2) is 69.1 Å². The van der Waals surface area contributed by atoms with Gasteiger partial charge in [0.05, 0.1) is 18.8 Å². The molecule has 0 aliphatic heterocycles. The molecule has 1 aliphatic rings. The fourth-order valence-electron chi connectivity index (χ4n) is 2.86. The molecule has 0 radical (unpaired) electrons. The molecule has 0 bridgehead atoms. The summed E-state index contributed by atoms with van der Waals surface area (Å²) in [6.07, 6.45) is -4.68. The molecule has 0 heterocycles. The monoisotopic (exact) mass is 297 g/mol. The first kappa shape index (κ1) is 16.4. The van der Waals surface area contributed by atoms with Crippen LogP contribution in [0.5, 0.6) is 0 Å². The number of nitrogens with one attached hydrogen (secondary N) is 1. The lowest BCUT2D eigenvalue weighted by Gasteiger charge is -2.44. The average molecular weight is 297 g/mol. The largest absolute Gasteiger partial charge is 0.396 e. The van der Waals surface area contributed by atoms with Crippen LogP contribution < -0.4 is 5.32 Å². The zero-order chi connectivity index (χ0) is 15.4. The summed E-state index contributed by atoms with van der Waals surface area (Å²) in [6.45, 7) is 0.142. The van der Waals surface area contributed by atoms with Crippen molar-refractivity contribution in [2.45, 2.75) is 36.9 Å². The highest BCUT2D eigenvalue weighted by Gasteiger charge is 2.48.